The second-order valence-electron chi connectivity index (χ2n) is 8.19. The average molecular weight is 390 g/mol. The van der Waals surface area contributed by atoms with Crippen LogP contribution >= 0.6 is 0 Å². The number of carbonyl (C=O) groups excluding carboxylic acids is 2. The number of carbonyl (C=O) groups is 2. The molecule has 4 rings (SSSR count). The number of morpholine rings is 1. The zero-order valence-electron chi connectivity index (χ0n) is 16.7. The lowest BCUT2D eigenvalue weighted by Gasteiger charge is -2.42. The first kappa shape index (κ1) is 19.4. The van der Waals surface area contributed by atoms with Crippen LogP contribution in [-0.2, 0) is 9.53 Å². The molecule has 0 spiro atoms. The van der Waals surface area contributed by atoms with Crippen molar-refractivity contribution < 1.29 is 14.3 Å². The summed E-state index contributed by atoms with van der Waals surface area (Å²) < 4.78 is 5.35. The Hall–Kier alpha value is -1.93. The predicted octanol–water partition coefficient (Wildman–Crippen LogP) is 0.894. The number of amides is 2. The van der Waals surface area contributed by atoms with Gasteiger partial charge in [-0.1, -0.05) is 0 Å². The molecule has 0 bridgehead atoms. The monoisotopic (exact) mass is 389 g/mol. The van der Waals surface area contributed by atoms with E-state index in [1.54, 1.807) is 6.20 Å². The molecule has 0 unspecified atom stereocenters. The van der Waals surface area contributed by atoms with Gasteiger partial charge in [0, 0.05) is 50.0 Å². The largest absolute Gasteiger partial charge is 0.378 e. The number of rotatable bonds is 3. The van der Waals surface area contributed by atoms with Crippen LogP contribution in [0.25, 0.3) is 0 Å². The Morgan fingerprint density at radius 1 is 1.00 bits per heavy atom. The first-order chi connectivity index (χ1) is 13.6. The van der Waals surface area contributed by atoms with Crippen molar-refractivity contribution in [3.63, 3.8) is 0 Å². The molecule has 3 aliphatic heterocycles. The van der Waals surface area contributed by atoms with Crippen LogP contribution in [0.2, 0.25) is 0 Å². The topological polar surface area (TPSA) is 81.8 Å². The van der Waals surface area contributed by atoms with Crippen LogP contribution in [0.15, 0.2) is 6.20 Å². The molecular formula is C20H31N5O3. The van der Waals surface area contributed by atoms with E-state index >= 15 is 0 Å². The summed E-state index contributed by atoms with van der Waals surface area (Å²) in [7, 11) is 0. The SMILES string of the molecule is Cc1cnc(C(=O)N2CCC(N3CCC(C(=O)N4CCOCC4)CC3)CC2)[nH]1. The van der Waals surface area contributed by atoms with Gasteiger partial charge in [-0.2, -0.15) is 0 Å². The molecule has 0 aliphatic carbocycles. The van der Waals surface area contributed by atoms with E-state index in [0.29, 0.717) is 31.0 Å². The normalized spacial score (nSPS) is 23.2. The summed E-state index contributed by atoms with van der Waals surface area (Å²) in [6.45, 7) is 8.23. The number of piperidine rings is 2. The average Bonchev–Trinajstić information content (AvgIpc) is 3.20. The number of nitrogens with zero attached hydrogens (tertiary/aromatic N) is 4. The van der Waals surface area contributed by atoms with Gasteiger partial charge in [0.1, 0.15) is 0 Å². The van der Waals surface area contributed by atoms with Crippen LogP contribution in [0.3, 0.4) is 0 Å². The number of hydrogen-bond donors (Lipinski definition) is 1. The smallest absolute Gasteiger partial charge is 0.289 e. The van der Waals surface area contributed by atoms with Crippen molar-refractivity contribution in [1.29, 1.82) is 0 Å². The Bertz CT molecular complexity index is 684. The van der Waals surface area contributed by atoms with Crippen molar-refractivity contribution in [3.05, 3.63) is 17.7 Å². The molecule has 2 amide bonds. The number of aromatic amines is 1. The van der Waals surface area contributed by atoms with Crippen molar-refractivity contribution >= 4 is 11.8 Å². The minimum absolute atomic E-state index is 0.00126. The van der Waals surface area contributed by atoms with Gasteiger partial charge in [0.25, 0.3) is 5.91 Å². The second-order valence-corrected chi connectivity index (χ2v) is 8.19. The number of nitrogens with one attached hydrogen (secondary N) is 1. The molecule has 3 aliphatic rings. The lowest BCUT2D eigenvalue weighted by Crippen LogP contribution is -2.51. The van der Waals surface area contributed by atoms with Crippen LogP contribution in [-0.4, -0.2) is 95.0 Å². The molecule has 3 saturated heterocycles. The number of hydrogen-bond acceptors (Lipinski definition) is 5. The standard InChI is InChI=1S/C20H31N5O3/c1-15-14-21-18(22-15)20(27)24-8-4-17(5-9-24)23-6-2-16(3-7-23)19(26)25-10-12-28-13-11-25/h14,16-17H,2-13H2,1H3,(H,21,22). The molecule has 28 heavy (non-hydrogen) atoms. The van der Waals surface area contributed by atoms with Gasteiger partial charge in [-0.15, -0.1) is 0 Å². The Labute approximate surface area is 166 Å². The number of imidazole rings is 1. The number of ether oxygens (including phenoxy) is 1. The highest BCUT2D eigenvalue weighted by Crippen LogP contribution is 2.26. The van der Waals surface area contributed by atoms with Crippen molar-refractivity contribution in [2.45, 2.75) is 38.6 Å². The quantitative estimate of drug-likeness (QED) is 0.830. The summed E-state index contributed by atoms with van der Waals surface area (Å²) in [5.41, 5.74) is 0.910. The molecule has 8 nitrogen and oxygen atoms in total. The van der Waals surface area contributed by atoms with E-state index in [-0.39, 0.29) is 11.8 Å². The van der Waals surface area contributed by atoms with Gasteiger partial charge < -0.3 is 24.4 Å². The van der Waals surface area contributed by atoms with Gasteiger partial charge in [0.05, 0.1) is 13.2 Å². The molecule has 0 saturated carbocycles. The number of aryl methyl sites for hydroxylation is 1. The van der Waals surface area contributed by atoms with E-state index in [2.05, 4.69) is 14.9 Å². The second kappa shape index (κ2) is 8.61. The lowest BCUT2D eigenvalue weighted by molar-refractivity contribution is -0.141. The van der Waals surface area contributed by atoms with Crippen molar-refractivity contribution in [2.75, 3.05) is 52.5 Å². The summed E-state index contributed by atoms with van der Waals surface area (Å²) >= 11 is 0. The third-order valence-electron chi connectivity index (χ3n) is 6.38. The van der Waals surface area contributed by atoms with Gasteiger partial charge >= 0.3 is 0 Å². The molecule has 3 fully saturated rings. The van der Waals surface area contributed by atoms with Gasteiger partial charge in [-0.25, -0.2) is 4.98 Å². The molecule has 0 atom stereocenters. The first-order valence-corrected chi connectivity index (χ1v) is 10.5. The van der Waals surface area contributed by atoms with E-state index < -0.39 is 0 Å². The van der Waals surface area contributed by atoms with Gasteiger partial charge in [-0.3, -0.25) is 9.59 Å². The summed E-state index contributed by atoms with van der Waals surface area (Å²) in [6.07, 6.45) is 5.57. The van der Waals surface area contributed by atoms with Crippen LogP contribution in [0.1, 0.15) is 42.0 Å². The summed E-state index contributed by atoms with van der Waals surface area (Å²) in [4.78, 5) is 38.8. The molecule has 1 aromatic rings. The zero-order valence-corrected chi connectivity index (χ0v) is 16.7. The Kier molecular flexibility index (Phi) is 5.96. The highest BCUT2D eigenvalue weighted by Gasteiger charge is 2.33. The molecule has 4 heterocycles. The maximum Gasteiger partial charge on any atom is 0.289 e. The highest BCUT2D eigenvalue weighted by atomic mass is 16.5. The third-order valence-corrected chi connectivity index (χ3v) is 6.38. The van der Waals surface area contributed by atoms with Crippen LogP contribution in [0.5, 0.6) is 0 Å². The third kappa shape index (κ3) is 4.22. The first-order valence-electron chi connectivity index (χ1n) is 10.5. The van der Waals surface area contributed by atoms with Crippen molar-refractivity contribution in [3.8, 4) is 0 Å². The fourth-order valence-electron chi connectivity index (χ4n) is 4.66. The van der Waals surface area contributed by atoms with Gasteiger partial charge in [0.2, 0.25) is 5.91 Å². The van der Waals surface area contributed by atoms with Crippen LogP contribution in [0.4, 0.5) is 0 Å². The van der Waals surface area contributed by atoms with Crippen LogP contribution < -0.4 is 0 Å². The van der Waals surface area contributed by atoms with Gasteiger partial charge in [-0.05, 0) is 45.7 Å². The Balaban J connectivity index is 1.23. The fraction of sp³-hybridized carbons (Fsp3) is 0.750. The molecule has 154 valence electrons. The number of likely N-dealkylation sites (tertiary alicyclic amines) is 2. The van der Waals surface area contributed by atoms with E-state index in [1.165, 1.54) is 0 Å². The van der Waals surface area contributed by atoms with E-state index in [1.807, 2.05) is 16.7 Å². The molecule has 1 aromatic heterocycles. The van der Waals surface area contributed by atoms with E-state index in [9.17, 15) is 9.59 Å². The molecular weight excluding hydrogens is 358 g/mol. The maximum atomic E-state index is 12.7. The number of aromatic nitrogens is 2. The Morgan fingerprint density at radius 3 is 2.29 bits per heavy atom. The summed E-state index contributed by atoms with van der Waals surface area (Å²) in [5.74, 6) is 0.926. The van der Waals surface area contributed by atoms with E-state index in [0.717, 1.165) is 70.6 Å². The maximum absolute atomic E-state index is 12.7. The molecule has 8 heteroatoms. The van der Waals surface area contributed by atoms with Crippen molar-refractivity contribution in [1.82, 2.24) is 24.7 Å². The Morgan fingerprint density at radius 2 is 1.68 bits per heavy atom. The fourth-order valence-corrected chi connectivity index (χ4v) is 4.66. The predicted molar refractivity (Wildman–Crippen MR) is 104 cm³/mol. The molecule has 0 aromatic carbocycles. The van der Waals surface area contributed by atoms with Crippen LogP contribution in [0, 0.1) is 12.8 Å². The highest BCUT2D eigenvalue weighted by molar-refractivity contribution is 5.90. The minimum atomic E-state index is 0.00126. The lowest BCUT2D eigenvalue weighted by atomic mass is 9.92. The van der Waals surface area contributed by atoms with E-state index in [4.69, 9.17) is 4.74 Å². The summed E-state index contributed by atoms with van der Waals surface area (Å²) in [5, 5.41) is 0. The van der Waals surface area contributed by atoms with Gasteiger partial charge in [0.15, 0.2) is 5.82 Å². The molecule has 1 N–H and O–H groups in total. The molecule has 0 radical (unpaired) electrons. The minimum Gasteiger partial charge on any atom is -0.378 e. The zero-order chi connectivity index (χ0) is 19.5. The summed E-state index contributed by atoms with van der Waals surface area (Å²) in [6, 6.07) is 0.516. The van der Waals surface area contributed by atoms with Crippen molar-refractivity contribution in [2.24, 2.45) is 5.92 Å². The number of H-pyrrole nitrogens is 1.